The minimum absolute atomic E-state index is 0.510. The van der Waals surface area contributed by atoms with Gasteiger partial charge in [0.05, 0.1) is 10.6 Å². The zero-order valence-electron chi connectivity index (χ0n) is 8.85. The zero-order valence-corrected chi connectivity index (χ0v) is 9.61. The van der Waals surface area contributed by atoms with Crippen molar-refractivity contribution in [2.75, 3.05) is 5.73 Å². The quantitative estimate of drug-likeness (QED) is 0.664. The normalized spacial score (nSPS) is 10.9. The highest BCUT2D eigenvalue weighted by Crippen LogP contribution is 2.30. The topological polar surface area (TPSA) is 52.0 Å². The second-order valence-corrected chi connectivity index (χ2v) is 4.13. The first-order valence-electron chi connectivity index (χ1n) is 5.15. The van der Waals surface area contributed by atoms with E-state index in [1.165, 1.54) is 0 Å². The molecule has 3 nitrogen and oxygen atoms in total. The Kier molecular flexibility index (Phi) is 2.27. The molecule has 0 fully saturated rings. The van der Waals surface area contributed by atoms with E-state index in [0.717, 1.165) is 11.1 Å². The Morgan fingerprint density at radius 2 is 1.94 bits per heavy atom. The van der Waals surface area contributed by atoms with Gasteiger partial charge in [0.15, 0.2) is 5.58 Å². The van der Waals surface area contributed by atoms with Crippen molar-refractivity contribution >= 4 is 28.4 Å². The lowest BCUT2D eigenvalue weighted by Crippen LogP contribution is -1.82. The Labute approximate surface area is 103 Å². The van der Waals surface area contributed by atoms with Gasteiger partial charge in [-0.15, -0.1) is 0 Å². The fraction of sp³-hybridized carbons (Fsp3) is 0. The second-order valence-electron chi connectivity index (χ2n) is 3.73. The number of fused-ring (bicyclic) bond motifs is 1. The summed E-state index contributed by atoms with van der Waals surface area (Å²) in [6.07, 6.45) is 0. The van der Waals surface area contributed by atoms with Crippen molar-refractivity contribution < 1.29 is 4.42 Å². The van der Waals surface area contributed by atoms with Gasteiger partial charge < -0.3 is 10.2 Å². The van der Waals surface area contributed by atoms with Crippen LogP contribution in [0.25, 0.3) is 22.6 Å². The molecule has 0 atom stereocenters. The first kappa shape index (κ1) is 10.2. The fourth-order valence-corrected chi connectivity index (χ4v) is 1.91. The third-order valence-electron chi connectivity index (χ3n) is 2.52. The molecular weight excluding hydrogens is 236 g/mol. The fourth-order valence-electron chi connectivity index (χ4n) is 1.69. The van der Waals surface area contributed by atoms with Gasteiger partial charge in [-0.1, -0.05) is 23.7 Å². The highest BCUT2D eigenvalue weighted by Gasteiger charge is 2.10. The van der Waals surface area contributed by atoms with E-state index in [-0.39, 0.29) is 0 Å². The predicted molar refractivity (Wildman–Crippen MR) is 68.9 cm³/mol. The van der Waals surface area contributed by atoms with Crippen LogP contribution < -0.4 is 5.73 Å². The summed E-state index contributed by atoms with van der Waals surface area (Å²) in [4.78, 5) is 4.37. The maximum atomic E-state index is 6.09. The molecule has 0 aliphatic rings. The van der Waals surface area contributed by atoms with Crippen molar-refractivity contribution in [3.05, 3.63) is 47.5 Å². The molecule has 0 aliphatic carbocycles. The number of nitrogens with zero attached hydrogens (tertiary/aromatic N) is 1. The number of oxazole rings is 1. The van der Waals surface area contributed by atoms with E-state index in [1.54, 1.807) is 24.3 Å². The summed E-state index contributed by atoms with van der Waals surface area (Å²) < 4.78 is 5.64. The standard InChI is InChI=1S/C13H9ClN2O/c14-10-4-2-1-3-9(10)13-16-11-7-8(15)5-6-12(11)17-13/h1-7H,15H2. The molecule has 4 heteroatoms. The Bertz CT molecular complexity index is 691. The van der Waals surface area contributed by atoms with Crippen LogP contribution in [0.4, 0.5) is 5.69 Å². The van der Waals surface area contributed by atoms with Crippen LogP contribution in [0.2, 0.25) is 5.02 Å². The summed E-state index contributed by atoms with van der Waals surface area (Å²) >= 11 is 6.09. The van der Waals surface area contributed by atoms with Crippen LogP contribution in [0.5, 0.6) is 0 Å². The molecule has 0 bridgehead atoms. The summed E-state index contributed by atoms with van der Waals surface area (Å²) in [6.45, 7) is 0. The number of nitrogens with two attached hydrogens (primary N) is 1. The highest BCUT2D eigenvalue weighted by molar-refractivity contribution is 6.33. The van der Waals surface area contributed by atoms with Crippen LogP contribution >= 0.6 is 11.6 Å². The van der Waals surface area contributed by atoms with Gasteiger partial charge in [0.2, 0.25) is 5.89 Å². The lowest BCUT2D eigenvalue weighted by molar-refractivity contribution is 0.620. The number of halogens is 1. The van der Waals surface area contributed by atoms with Crippen molar-refractivity contribution in [3.63, 3.8) is 0 Å². The van der Waals surface area contributed by atoms with Crippen LogP contribution in [0.1, 0.15) is 0 Å². The van der Waals surface area contributed by atoms with Gasteiger partial charge in [0, 0.05) is 5.69 Å². The van der Waals surface area contributed by atoms with Gasteiger partial charge in [-0.25, -0.2) is 4.98 Å². The summed E-state index contributed by atoms with van der Waals surface area (Å²) in [5, 5.41) is 0.618. The minimum Gasteiger partial charge on any atom is -0.436 e. The van der Waals surface area contributed by atoms with Crippen molar-refractivity contribution in [3.8, 4) is 11.5 Å². The largest absolute Gasteiger partial charge is 0.436 e. The van der Waals surface area contributed by atoms with Gasteiger partial charge in [0.1, 0.15) is 5.52 Å². The van der Waals surface area contributed by atoms with E-state index in [1.807, 2.05) is 18.2 Å². The number of nitrogen functional groups attached to an aromatic ring is 1. The Hall–Kier alpha value is -2.00. The van der Waals surface area contributed by atoms with Crippen molar-refractivity contribution in [1.82, 2.24) is 4.98 Å². The Morgan fingerprint density at radius 3 is 2.76 bits per heavy atom. The van der Waals surface area contributed by atoms with E-state index in [2.05, 4.69) is 4.98 Å². The first-order chi connectivity index (χ1) is 8.24. The molecule has 84 valence electrons. The molecule has 3 aromatic rings. The van der Waals surface area contributed by atoms with Crippen LogP contribution in [0, 0.1) is 0 Å². The molecule has 0 aliphatic heterocycles. The van der Waals surface area contributed by atoms with E-state index < -0.39 is 0 Å². The molecule has 0 saturated heterocycles. The lowest BCUT2D eigenvalue weighted by atomic mass is 10.2. The van der Waals surface area contributed by atoms with Crippen LogP contribution in [0.15, 0.2) is 46.9 Å². The molecule has 2 aromatic carbocycles. The molecule has 17 heavy (non-hydrogen) atoms. The van der Waals surface area contributed by atoms with Gasteiger partial charge in [-0.3, -0.25) is 0 Å². The zero-order chi connectivity index (χ0) is 11.8. The number of hydrogen-bond donors (Lipinski definition) is 1. The van der Waals surface area contributed by atoms with Crippen LogP contribution in [-0.2, 0) is 0 Å². The molecule has 3 rings (SSSR count). The number of rotatable bonds is 1. The Morgan fingerprint density at radius 1 is 1.12 bits per heavy atom. The average molecular weight is 245 g/mol. The maximum absolute atomic E-state index is 6.09. The number of benzene rings is 2. The van der Waals surface area contributed by atoms with Crippen molar-refractivity contribution in [2.24, 2.45) is 0 Å². The number of hydrogen-bond acceptors (Lipinski definition) is 3. The third kappa shape index (κ3) is 1.74. The van der Waals surface area contributed by atoms with Gasteiger partial charge >= 0.3 is 0 Å². The van der Waals surface area contributed by atoms with E-state index in [0.29, 0.717) is 22.2 Å². The average Bonchev–Trinajstić information content (AvgIpc) is 2.72. The second kappa shape index (κ2) is 3.79. The Balaban J connectivity index is 2.22. The summed E-state index contributed by atoms with van der Waals surface area (Å²) in [6, 6.07) is 12.8. The van der Waals surface area contributed by atoms with Crippen LogP contribution in [0.3, 0.4) is 0 Å². The third-order valence-corrected chi connectivity index (χ3v) is 2.85. The molecule has 2 N–H and O–H groups in total. The maximum Gasteiger partial charge on any atom is 0.228 e. The highest BCUT2D eigenvalue weighted by atomic mass is 35.5. The predicted octanol–water partition coefficient (Wildman–Crippen LogP) is 3.73. The van der Waals surface area contributed by atoms with Crippen LogP contribution in [-0.4, -0.2) is 4.98 Å². The minimum atomic E-state index is 0.510. The number of aromatic nitrogens is 1. The van der Waals surface area contributed by atoms with Crippen molar-refractivity contribution in [2.45, 2.75) is 0 Å². The molecule has 1 heterocycles. The molecule has 0 amide bonds. The summed E-state index contributed by atoms with van der Waals surface area (Å²) in [5.74, 6) is 0.510. The molecule has 0 saturated carbocycles. The number of anilines is 1. The van der Waals surface area contributed by atoms with E-state index >= 15 is 0 Å². The smallest absolute Gasteiger partial charge is 0.228 e. The summed E-state index contributed by atoms with van der Waals surface area (Å²) in [7, 11) is 0. The SMILES string of the molecule is Nc1ccc2oc(-c3ccccc3Cl)nc2c1. The lowest BCUT2D eigenvalue weighted by Gasteiger charge is -1.96. The first-order valence-corrected chi connectivity index (χ1v) is 5.53. The van der Waals surface area contributed by atoms with E-state index in [4.69, 9.17) is 21.8 Å². The molecule has 0 spiro atoms. The molecular formula is C13H9ClN2O. The summed E-state index contributed by atoms with van der Waals surface area (Å²) in [5.41, 5.74) is 8.58. The van der Waals surface area contributed by atoms with Gasteiger partial charge in [-0.2, -0.15) is 0 Å². The van der Waals surface area contributed by atoms with Gasteiger partial charge in [-0.05, 0) is 30.3 Å². The monoisotopic (exact) mass is 244 g/mol. The molecule has 0 radical (unpaired) electrons. The molecule has 0 unspecified atom stereocenters. The van der Waals surface area contributed by atoms with Crippen molar-refractivity contribution in [1.29, 1.82) is 0 Å². The van der Waals surface area contributed by atoms with E-state index in [9.17, 15) is 0 Å². The molecule has 1 aromatic heterocycles. The van der Waals surface area contributed by atoms with Gasteiger partial charge in [0.25, 0.3) is 0 Å².